The van der Waals surface area contributed by atoms with E-state index < -0.39 is 10.8 Å². The van der Waals surface area contributed by atoms with Crippen molar-refractivity contribution in [3.05, 3.63) is 66.6 Å². The third kappa shape index (κ3) is 4.64. The van der Waals surface area contributed by atoms with Crippen LogP contribution < -0.4 is 10.6 Å². The number of anilines is 1. The van der Waals surface area contributed by atoms with Gasteiger partial charge in [0.05, 0.1) is 9.95 Å². The molecule has 0 atom stereocenters. The van der Waals surface area contributed by atoms with Gasteiger partial charge in [0.2, 0.25) is 0 Å². The molecule has 2 N–H and O–H groups in total. The molecule has 0 spiro atoms. The zero-order valence-corrected chi connectivity index (χ0v) is 15.6. The van der Waals surface area contributed by atoms with Crippen LogP contribution in [0, 0.1) is 10.1 Å². The molecule has 124 valence electrons. The maximum atomic E-state index is 12.1. The molecule has 0 aromatic heterocycles. The minimum absolute atomic E-state index is 0.0241. The molecule has 2 aromatic rings. The fraction of sp³-hybridized carbons (Fsp3) is 0. The lowest BCUT2D eigenvalue weighted by atomic mass is 10.2. The number of benzene rings is 2. The minimum Gasteiger partial charge on any atom is -0.332 e. The molecule has 0 aliphatic heterocycles. The van der Waals surface area contributed by atoms with Crippen LogP contribution in [0.3, 0.4) is 0 Å². The van der Waals surface area contributed by atoms with Gasteiger partial charge in [0.15, 0.2) is 5.11 Å². The first kappa shape index (κ1) is 18.6. The highest BCUT2D eigenvalue weighted by atomic mass is 79.9. The number of thiocarbonyl (C=S) groups is 1. The van der Waals surface area contributed by atoms with Gasteiger partial charge in [-0.3, -0.25) is 20.2 Å². The Bertz CT molecular complexity index is 848. The largest absolute Gasteiger partial charge is 0.332 e. The van der Waals surface area contributed by atoms with Crippen molar-refractivity contribution < 1.29 is 9.72 Å². The Balaban J connectivity index is 2.08. The Morgan fingerprint density at radius 2 is 1.88 bits per heavy atom. The molecule has 0 aliphatic rings. The maximum absolute atomic E-state index is 12.1. The topological polar surface area (TPSA) is 84.3 Å². The van der Waals surface area contributed by atoms with E-state index in [1.165, 1.54) is 12.1 Å². The summed E-state index contributed by atoms with van der Waals surface area (Å²) < 4.78 is 0.721. The van der Waals surface area contributed by atoms with Crippen LogP contribution in [-0.4, -0.2) is 15.9 Å². The number of amides is 1. The average Bonchev–Trinajstić information content (AvgIpc) is 2.51. The van der Waals surface area contributed by atoms with Crippen molar-refractivity contribution in [3.8, 4) is 0 Å². The van der Waals surface area contributed by atoms with Crippen LogP contribution in [0.25, 0.3) is 0 Å². The van der Waals surface area contributed by atoms with Crippen molar-refractivity contribution in [2.45, 2.75) is 0 Å². The van der Waals surface area contributed by atoms with Gasteiger partial charge in [0, 0.05) is 21.8 Å². The summed E-state index contributed by atoms with van der Waals surface area (Å²) in [5.41, 5.74) is 0.280. The van der Waals surface area contributed by atoms with E-state index in [-0.39, 0.29) is 21.4 Å². The van der Waals surface area contributed by atoms with Crippen LogP contribution >= 0.6 is 51.3 Å². The Morgan fingerprint density at radius 1 is 1.17 bits per heavy atom. The molecule has 2 aromatic carbocycles. The zero-order valence-electron chi connectivity index (χ0n) is 11.7. The number of nitro benzene ring substituents is 1. The van der Waals surface area contributed by atoms with Crippen LogP contribution in [0.4, 0.5) is 11.4 Å². The highest BCUT2D eigenvalue weighted by molar-refractivity contribution is 9.10. The van der Waals surface area contributed by atoms with Crippen LogP contribution in [0.5, 0.6) is 0 Å². The predicted molar refractivity (Wildman–Crippen MR) is 101 cm³/mol. The second-order valence-corrected chi connectivity index (χ2v) is 6.54. The predicted octanol–water partition coefficient (Wildman–Crippen LogP) is 4.79. The number of hydrogen-bond donors (Lipinski definition) is 2. The van der Waals surface area contributed by atoms with Crippen molar-refractivity contribution >= 4 is 73.7 Å². The molecule has 6 nitrogen and oxygen atoms in total. The number of carbonyl (C=O) groups is 1. The average molecular weight is 449 g/mol. The third-order valence-corrected chi connectivity index (χ3v) is 4.57. The van der Waals surface area contributed by atoms with E-state index in [0.29, 0.717) is 10.7 Å². The van der Waals surface area contributed by atoms with E-state index in [9.17, 15) is 14.9 Å². The van der Waals surface area contributed by atoms with E-state index >= 15 is 0 Å². The summed E-state index contributed by atoms with van der Waals surface area (Å²) in [4.78, 5) is 22.3. The first-order chi connectivity index (χ1) is 11.3. The SMILES string of the molecule is O=C(NC(=S)Nc1ccc(Br)c(Cl)c1)c1ccc(Cl)c([N+](=O)[O-])c1. The molecule has 1 amide bonds. The molecule has 24 heavy (non-hydrogen) atoms. The molecule has 0 saturated heterocycles. The third-order valence-electron chi connectivity index (χ3n) is 2.81. The first-order valence-electron chi connectivity index (χ1n) is 6.29. The molecular formula is C14H8BrCl2N3O3S. The van der Waals surface area contributed by atoms with Gasteiger partial charge in [-0.1, -0.05) is 23.2 Å². The van der Waals surface area contributed by atoms with Crippen molar-refractivity contribution in [2.75, 3.05) is 5.32 Å². The molecule has 0 unspecified atom stereocenters. The highest BCUT2D eigenvalue weighted by Crippen LogP contribution is 2.26. The Kier molecular flexibility index (Phi) is 6.11. The second kappa shape index (κ2) is 7.89. The van der Waals surface area contributed by atoms with E-state index in [0.717, 1.165) is 10.5 Å². The molecule has 0 heterocycles. The fourth-order valence-corrected chi connectivity index (χ4v) is 2.53. The lowest BCUT2D eigenvalue weighted by molar-refractivity contribution is -0.384. The van der Waals surface area contributed by atoms with Crippen LogP contribution in [0.2, 0.25) is 10.0 Å². The monoisotopic (exact) mass is 447 g/mol. The van der Waals surface area contributed by atoms with Gasteiger partial charge >= 0.3 is 0 Å². The van der Waals surface area contributed by atoms with Gasteiger partial charge in [-0.25, -0.2) is 0 Å². The standard InChI is InChI=1S/C14H8BrCl2N3O3S/c15-9-3-2-8(6-11(9)17)18-14(24)19-13(21)7-1-4-10(16)12(5-7)20(22)23/h1-6H,(H2,18,19,21,24). The Labute approximate surface area is 160 Å². The van der Waals surface area contributed by atoms with Crippen LogP contribution in [-0.2, 0) is 0 Å². The summed E-state index contributed by atoms with van der Waals surface area (Å²) in [6, 6.07) is 8.77. The second-order valence-electron chi connectivity index (χ2n) is 4.46. The maximum Gasteiger partial charge on any atom is 0.288 e. The Morgan fingerprint density at radius 3 is 2.50 bits per heavy atom. The number of halogens is 3. The van der Waals surface area contributed by atoms with Crippen molar-refractivity contribution in [1.29, 1.82) is 0 Å². The molecule has 0 fully saturated rings. The van der Waals surface area contributed by atoms with Gasteiger partial charge in [-0.2, -0.15) is 0 Å². The van der Waals surface area contributed by atoms with Crippen LogP contribution in [0.1, 0.15) is 10.4 Å². The minimum atomic E-state index is -0.667. The van der Waals surface area contributed by atoms with Gasteiger partial charge in [0.1, 0.15) is 5.02 Å². The molecule has 10 heteroatoms. The molecule has 0 aliphatic carbocycles. The van der Waals surface area contributed by atoms with E-state index in [4.69, 9.17) is 35.4 Å². The summed E-state index contributed by atoms with van der Waals surface area (Å²) in [5, 5.41) is 16.5. The molecule has 0 radical (unpaired) electrons. The van der Waals surface area contributed by atoms with E-state index in [2.05, 4.69) is 26.6 Å². The van der Waals surface area contributed by atoms with Crippen molar-refractivity contribution in [1.82, 2.24) is 5.32 Å². The molecule has 0 bridgehead atoms. The number of hydrogen-bond acceptors (Lipinski definition) is 4. The highest BCUT2D eigenvalue weighted by Gasteiger charge is 2.17. The number of carbonyl (C=O) groups excluding carboxylic acids is 1. The van der Waals surface area contributed by atoms with Gasteiger partial charge in [-0.15, -0.1) is 0 Å². The number of nitrogens with one attached hydrogen (secondary N) is 2. The normalized spacial score (nSPS) is 10.1. The van der Waals surface area contributed by atoms with E-state index in [1.807, 2.05) is 0 Å². The molecule has 2 rings (SSSR count). The zero-order chi connectivity index (χ0) is 17.9. The summed E-state index contributed by atoms with van der Waals surface area (Å²) in [5.74, 6) is -0.601. The number of nitro groups is 1. The molecular weight excluding hydrogens is 441 g/mol. The van der Waals surface area contributed by atoms with Gasteiger partial charge in [-0.05, 0) is 58.5 Å². The number of rotatable bonds is 3. The van der Waals surface area contributed by atoms with Crippen LogP contribution in [0.15, 0.2) is 40.9 Å². The van der Waals surface area contributed by atoms with Crippen molar-refractivity contribution in [2.24, 2.45) is 0 Å². The van der Waals surface area contributed by atoms with E-state index in [1.54, 1.807) is 18.2 Å². The fourth-order valence-electron chi connectivity index (χ4n) is 1.71. The quantitative estimate of drug-likeness (QED) is 0.400. The van der Waals surface area contributed by atoms with Gasteiger partial charge in [0.25, 0.3) is 11.6 Å². The smallest absolute Gasteiger partial charge is 0.288 e. The lowest BCUT2D eigenvalue weighted by Crippen LogP contribution is -2.34. The summed E-state index contributed by atoms with van der Waals surface area (Å²) in [7, 11) is 0. The summed E-state index contributed by atoms with van der Waals surface area (Å²) in [6.07, 6.45) is 0. The van der Waals surface area contributed by atoms with Gasteiger partial charge < -0.3 is 5.32 Å². The number of nitrogens with zero attached hydrogens (tertiary/aromatic N) is 1. The summed E-state index contributed by atoms with van der Waals surface area (Å²) in [6.45, 7) is 0. The molecule has 0 saturated carbocycles. The first-order valence-corrected chi connectivity index (χ1v) is 8.25. The lowest BCUT2D eigenvalue weighted by Gasteiger charge is -2.10. The van der Waals surface area contributed by atoms with Crippen molar-refractivity contribution in [3.63, 3.8) is 0 Å². The Hall–Kier alpha value is -1.74. The summed E-state index contributed by atoms with van der Waals surface area (Å²) >= 11 is 20.0.